The van der Waals surface area contributed by atoms with Crippen molar-refractivity contribution >= 4 is 29.9 Å². The van der Waals surface area contributed by atoms with Crippen LogP contribution in [0.3, 0.4) is 0 Å². The van der Waals surface area contributed by atoms with Crippen LogP contribution < -0.4 is 5.32 Å². The van der Waals surface area contributed by atoms with Gasteiger partial charge in [-0.1, -0.05) is 142 Å². The Morgan fingerprint density at radius 2 is 1.05 bits per heavy atom. The first-order chi connectivity index (χ1) is 19.6. The lowest BCUT2D eigenvalue weighted by Gasteiger charge is -2.12. The molecule has 0 fully saturated rings. The van der Waals surface area contributed by atoms with Gasteiger partial charge < -0.3 is 14.8 Å². The molecule has 0 saturated carbocycles. The number of hydrogen-bond donors (Lipinski definition) is 1. The van der Waals surface area contributed by atoms with E-state index in [0.717, 1.165) is 44.1 Å². The molecule has 40 heavy (non-hydrogen) atoms. The fourth-order valence-corrected chi connectivity index (χ4v) is 5.81. The van der Waals surface area contributed by atoms with Crippen molar-refractivity contribution in [1.29, 1.82) is 0 Å². The Balaban J connectivity index is 3.50. The number of amides is 1. The van der Waals surface area contributed by atoms with Gasteiger partial charge in [-0.15, -0.1) is 0 Å². The Morgan fingerprint density at radius 3 is 1.50 bits per heavy atom. The van der Waals surface area contributed by atoms with Crippen LogP contribution in [-0.4, -0.2) is 42.3 Å². The molecule has 0 saturated heterocycles. The average Bonchev–Trinajstić information content (AvgIpc) is 2.95. The molecule has 1 amide bonds. The molecule has 0 aromatic carbocycles. The van der Waals surface area contributed by atoms with Crippen LogP contribution >= 0.6 is 11.8 Å². The second kappa shape index (κ2) is 32.5. The van der Waals surface area contributed by atoms with Gasteiger partial charge in [0.25, 0.3) is 0 Å². The number of carbonyl (C=O) groups excluding carboxylic acids is 3. The minimum Gasteiger partial charge on any atom is -0.466 e. The number of thioether (sulfide) groups is 1. The van der Waals surface area contributed by atoms with Gasteiger partial charge in [0.2, 0.25) is 5.91 Å². The highest BCUT2D eigenvalue weighted by Crippen LogP contribution is 2.14. The number of hydrogen-bond acceptors (Lipinski definition) is 5. The zero-order chi connectivity index (χ0) is 29.4. The maximum absolute atomic E-state index is 12.2. The Kier molecular flexibility index (Phi) is 31.6. The van der Waals surface area contributed by atoms with Crippen LogP contribution in [0.1, 0.15) is 174 Å². The molecule has 0 aliphatic rings. The van der Waals surface area contributed by atoms with Gasteiger partial charge in [-0.25, -0.2) is 0 Å². The van der Waals surface area contributed by atoms with E-state index in [1.54, 1.807) is 11.8 Å². The summed E-state index contributed by atoms with van der Waals surface area (Å²) in [4.78, 5) is 35.4. The molecular weight excluding hydrogens is 518 g/mol. The lowest BCUT2D eigenvalue weighted by atomic mass is 10.0. The molecule has 0 radical (unpaired) electrons. The lowest BCUT2D eigenvalue weighted by molar-refractivity contribution is -0.143. The summed E-state index contributed by atoms with van der Waals surface area (Å²) in [6.45, 7) is 4.93. The second-order valence-corrected chi connectivity index (χ2v) is 12.7. The molecule has 1 N–H and O–H groups in total. The van der Waals surface area contributed by atoms with E-state index in [-0.39, 0.29) is 11.9 Å². The first-order valence-electron chi connectivity index (χ1n) is 17.1. The predicted octanol–water partition coefficient (Wildman–Crippen LogP) is 9.74. The van der Waals surface area contributed by atoms with Crippen LogP contribution in [0.5, 0.6) is 0 Å². The van der Waals surface area contributed by atoms with E-state index in [9.17, 15) is 14.4 Å². The number of carbonyl (C=O) groups is 3. The maximum Gasteiger partial charge on any atom is 0.305 e. The molecule has 6 heteroatoms. The third-order valence-corrected chi connectivity index (χ3v) is 8.67. The van der Waals surface area contributed by atoms with E-state index in [0.29, 0.717) is 25.2 Å². The fourth-order valence-electron chi connectivity index (χ4n) is 4.91. The summed E-state index contributed by atoms with van der Waals surface area (Å²) in [6.07, 6.45) is 30.5. The lowest BCUT2D eigenvalue weighted by Crippen LogP contribution is -2.37. The summed E-state index contributed by atoms with van der Waals surface area (Å²) in [5, 5.41) is 2.86. The summed E-state index contributed by atoms with van der Waals surface area (Å²) in [5.74, 6) is 1.26. The maximum atomic E-state index is 12.2. The topological polar surface area (TPSA) is 72.5 Å². The Morgan fingerprint density at radius 1 is 0.625 bits per heavy atom. The van der Waals surface area contributed by atoms with E-state index in [1.807, 2.05) is 0 Å². The summed E-state index contributed by atoms with van der Waals surface area (Å²) in [6, 6.07) is -0.436. The highest BCUT2D eigenvalue weighted by molar-refractivity contribution is 7.99. The highest BCUT2D eigenvalue weighted by atomic mass is 32.2. The number of nitrogens with one attached hydrogen (secondary N) is 1. The van der Waals surface area contributed by atoms with Crippen LogP contribution in [0.4, 0.5) is 0 Å². The van der Waals surface area contributed by atoms with E-state index in [2.05, 4.69) is 19.2 Å². The van der Waals surface area contributed by atoms with Gasteiger partial charge in [0.15, 0.2) is 0 Å². The van der Waals surface area contributed by atoms with Crippen LogP contribution in [0.25, 0.3) is 0 Å². The van der Waals surface area contributed by atoms with Gasteiger partial charge in [0.1, 0.15) is 6.29 Å². The monoisotopic (exact) mass is 583 g/mol. The predicted molar refractivity (Wildman–Crippen MR) is 173 cm³/mol. The molecule has 0 spiro atoms. The summed E-state index contributed by atoms with van der Waals surface area (Å²) in [7, 11) is 0. The molecule has 236 valence electrons. The SMILES string of the molecule is CCCCCCCCCCCCCCCC(=O)N[C@H](C=O)CSCCCOC(=O)CCCCCCCCCCC. The third-order valence-electron chi connectivity index (χ3n) is 7.50. The van der Waals surface area contributed by atoms with Crippen molar-refractivity contribution < 1.29 is 19.1 Å². The summed E-state index contributed by atoms with van der Waals surface area (Å²) >= 11 is 1.62. The van der Waals surface area contributed by atoms with Crippen LogP contribution in [0.15, 0.2) is 0 Å². The van der Waals surface area contributed by atoms with Crippen molar-refractivity contribution in [2.24, 2.45) is 0 Å². The second-order valence-electron chi connectivity index (χ2n) is 11.5. The number of rotatable bonds is 32. The minimum atomic E-state index is -0.436. The van der Waals surface area contributed by atoms with E-state index >= 15 is 0 Å². The van der Waals surface area contributed by atoms with Gasteiger partial charge in [-0.3, -0.25) is 9.59 Å². The standard InChI is InChI=1S/C34H65NO4S/c1-3-5-7-9-11-13-14-15-16-18-19-21-23-26-33(37)35-32(30-36)31-40-29-25-28-39-34(38)27-24-22-20-17-12-10-8-6-4-2/h30,32H,3-29,31H2,1-2H3,(H,35,37)/t32-/m1/s1. The van der Waals surface area contributed by atoms with Crippen molar-refractivity contribution in [1.82, 2.24) is 5.32 Å². The molecule has 5 nitrogen and oxygen atoms in total. The Bertz CT molecular complexity index is 572. The zero-order valence-corrected chi connectivity index (χ0v) is 27.3. The fraction of sp³-hybridized carbons (Fsp3) is 0.912. The molecule has 0 aromatic rings. The number of unbranched alkanes of at least 4 members (excludes halogenated alkanes) is 20. The average molecular weight is 584 g/mol. The highest BCUT2D eigenvalue weighted by Gasteiger charge is 2.11. The number of esters is 1. The molecule has 0 heterocycles. The van der Waals surface area contributed by atoms with E-state index in [1.165, 1.54) is 116 Å². The largest absolute Gasteiger partial charge is 0.466 e. The smallest absolute Gasteiger partial charge is 0.305 e. The van der Waals surface area contributed by atoms with Gasteiger partial charge in [-0.05, 0) is 25.0 Å². The van der Waals surface area contributed by atoms with Crippen molar-refractivity contribution in [3.05, 3.63) is 0 Å². The van der Waals surface area contributed by atoms with Gasteiger partial charge >= 0.3 is 5.97 Å². The van der Waals surface area contributed by atoms with Crippen molar-refractivity contribution in [2.75, 3.05) is 18.1 Å². The molecule has 0 unspecified atom stereocenters. The number of aldehydes is 1. The molecule has 0 bridgehead atoms. The molecule has 0 aliphatic heterocycles. The minimum absolute atomic E-state index is 0.0220. The Labute approximate surface area is 252 Å². The van der Waals surface area contributed by atoms with E-state index in [4.69, 9.17) is 4.74 Å². The van der Waals surface area contributed by atoms with Gasteiger partial charge in [0.05, 0.1) is 12.6 Å². The molecule has 0 aliphatic carbocycles. The normalized spacial score (nSPS) is 11.8. The molecule has 0 rings (SSSR count). The first-order valence-corrected chi connectivity index (χ1v) is 18.3. The third kappa shape index (κ3) is 29.9. The van der Waals surface area contributed by atoms with Crippen LogP contribution in [0, 0.1) is 0 Å². The van der Waals surface area contributed by atoms with Crippen molar-refractivity contribution in [3.63, 3.8) is 0 Å². The van der Waals surface area contributed by atoms with Gasteiger partial charge in [-0.2, -0.15) is 11.8 Å². The van der Waals surface area contributed by atoms with Crippen LogP contribution in [-0.2, 0) is 19.1 Å². The quantitative estimate of drug-likeness (QED) is 0.0485. The zero-order valence-electron chi connectivity index (χ0n) is 26.5. The summed E-state index contributed by atoms with van der Waals surface area (Å²) < 4.78 is 5.33. The molecule has 0 aromatic heterocycles. The van der Waals surface area contributed by atoms with E-state index < -0.39 is 6.04 Å². The molecular formula is C34H65NO4S. The van der Waals surface area contributed by atoms with Crippen molar-refractivity contribution in [3.8, 4) is 0 Å². The van der Waals surface area contributed by atoms with Crippen molar-refractivity contribution in [2.45, 2.75) is 180 Å². The molecule has 1 atom stereocenters. The van der Waals surface area contributed by atoms with Gasteiger partial charge in [0, 0.05) is 18.6 Å². The first kappa shape index (κ1) is 39.0. The number of ether oxygens (including phenoxy) is 1. The Hall–Kier alpha value is -1.04. The van der Waals surface area contributed by atoms with Crippen LogP contribution in [0.2, 0.25) is 0 Å². The summed E-state index contributed by atoms with van der Waals surface area (Å²) in [5.41, 5.74) is 0.